The standard InChI is InChI=1S/C18H24N4O3/c1-25-15-5-3-14(4-6-15)16(23)13-20-17(24)18(7-10-19-11-8-18)22-12-2-9-21-22/h2-6,9,12,16,19,23H,7-8,10-11,13H2,1H3,(H,20,24). The van der Waals surface area contributed by atoms with Crippen molar-refractivity contribution in [3.05, 3.63) is 48.3 Å². The van der Waals surface area contributed by atoms with Gasteiger partial charge < -0.3 is 20.5 Å². The Morgan fingerprint density at radius 1 is 1.40 bits per heavy atom. The molecule has 3 N–H and O–H groups in total. The fourth-order valence-corrected chi connectivity index (χ4v) is 3.22. The van der Waals surface area contributed by atoms with Crippen LogP contribution in [0.1, 0.15) is 24.5 Å². The number of carbonyl (C=O) groups excluding carboxylic acids is 1. The van der Waals surface area contributed by atoms with E-state index in [-0.39, 0.29) is 12.5 Å². The molecule has 1 unspecified atom stereocenters. The van der Waals surface area contributed by atoms with Crippen molar-refractivity contribution >= 4 is 5.91 Å². The van der Waals surface area contributed by atoms with E-state index in [0.717, 1.165) is 24.4 Å². The van der Waals surface area contributed by atoms with Crippen molar-refractivity contribution in [3.63, 3.8) is 0 Å². The summed E-state index contributed by atoms with van der Waals surface area (Å²) in [7, 11) is 1.60. The Labute approximate surface area is 147 Å². The molecule has 0 aliphatic carbocycles. The topological polar surface area (TPSA) is 88.4 Å². The molecule has 1 aliphatic rings. The number of ether oxygens (including phenoxy) is 1. The molecule has 0 radical (unpaired) electrons. The molecule has 25 heavy (non-hydrogen) atoms. The van der Waals surface area contributed by atoms with Gasteiger partial charge in [-0.05, 0) is 49.7 Å². The molecule has 1 amide bonds. The van der Waals surface area contributed by atoms with Crippen molar-refractivity contribution in [1.29, 1.82) is 0 Å². The van der Waals surface area contributed by atoms with Crippen molar-refractivity contribution in [2.75, 3.05) is 26.7 Å². The number of carbonyl (C=O) groups is 1. The number of aliphatic hydroxyl groups is 1. The average Bonchev–Trinajstić information content (AvgIpc) is 3.21. The molecule has 1 aliphatic heterocycles. The van der Waals surface area contributed by atoms with Gasteiger partial charge >= 0.3 is 0 Å². The highest BCUT2D eigenvalue weighted by Crippen LogP contribution is 2.27. The lowest BCUT2D eigenvalue weighted by Gasteiger charge is -2.36. The Morgan fingerprint density at radius 2 is 2.12 bits per heavy atom. The number of hydrogen-bond donors (Lipinski definition) is 3. The molecule has 1 aromatic heterocycles. The van der Waals surface area contributed by atoms with E-state index in [4.69, 9.17) is 4.74 Å². The van der Waals surface area contributed by atoms with Crippen molar-refractivity contribution in [3.8, 4) is 5.75 Å². The monoisotopic (exact) mass is 344 g/mol. The molecule has 2 heterocycles. The molecule has 0 spiro atoms. The summed E-state index contributed by atoms with van der Waals surface area (Å²) in [6.45, 7) is 1.67. The summed E-state index contributed by atoms with van der Waals surface area (Å²) in [5.41, 5.74) is 0.0357. The second-order valence-electron chi connectivity index (χ2n) is 6.23. The zero-order valence-corrected chi connectivity index (χ0v) is 14.3. The van der Waals surface area contributed by atoms with Gasteiger partial charge in [0, 0.05) is 18.9 Å². The number of methoxy groups -OCH3 is 1. The predicted octanol–water partition coefficient (Wildman–Crippen LogP) is 0.820. The van der Waals surface area contributed by atoms with Crippen LogP contribution < -0.4 is 15.4 Å². The first-order valence-corrected chi connectivity index (χ1v) is 8.47. The summed E-state index contributed by atoms with van der Waals surface area (Å²) in [6.07, 6.45) is 4.07. The number of benzene rings is 1. The Bertz CT molecular complexity index is 679. The van der Waals surface area contributed by atoms with Crippen LogP contribution in [0.4, 0.5) is 0 Å². The Balaban J connectivity index is 1.67. The van der Waals surface area contributed by atoms with Gasteiger partial charge in [0.25, 0.3) is 0 Å². The minimum Gasteiger partial charge on any atom is -0.497 e. The molecule has 1 fully saturated rings. The van der Waals surface area contributed by atoms with Crippen molar-refractivity contribution < 1.29 is 14.6 Å². The maximum atomic E-state index is 12.9. The van der Waals surface area contributed by atoms with Gasteiger partial charge in [0.05, 0.1) is 13.2 Å². The molecular weight excluding hydrogens is 320 g/mol. The summed E-state index contributed by atoms with van der Waals surface area (Å²) >= 11 is 0. The minimum absolute atomic E-state index is 0.106. The Hall–Kier alpha value is -2.38. The molecule has 1 saturated heterocycles. The van der Waals surface area contributed by atoms with Crippen molar-refractivity contribution in [2.45, 2.75) is 24.5 Å². The third kappa shape index (κ3) is 3.67. The second kappa shape index (κ2) is 7.67. The lowest BCUT2D eigenvalue weighted by Crippen LogP contribution is -2.55. The first kappa shape index (κ1) is 17.4. The first-order chi connectivity index (χ1) is 12.2. The summed E-state index contributed by atoms with van der Waals surface area (Å²) in [6, 6.07) is 8.99. The van der Waals surface area contributed by atoms with Crippen LogP contribution in [0.2, 0.25) is 0 Å². The number of nitrogens with zero attached hydrogens (tertiary/aromatic N) is 2. The quantitative estimate of drug-likeness (QED) is 0.722. The van der Waals surface area contributed by atoms with E-state index in [1.165, 1.54) is 0 Å². The molecule has 0 bridgehead atoms. The van der Waals surface area contributed by atoms with Gasteiger partial charge in [-0.2, -0.15) is 5.10 Å². The zero-order valence-electron chi connectivity index (χ0n) is 14.3. The van der Waals surface area contributed by atoms with Gasteiger partial charge in [-0.15, -0.1) is 0 Å². The number of amides is 1. The highest BCUT2D eigenvalue weighted by molar-refractivity contribution is 5.84. The van der Waals surface area contributed by atoms with Crippen LogP contribution in [-0.2, 0) is 10.3 Å². The smallest absolute Gasteiger partial charge is 0.248 e. The summed E-state index contributed by atoms with van der Waals surface area (Å²) in [5.74, 6) is 0.623. The van der Waals surface area contributed by atoms with Crippen LogP contribution >= 0.6 is 0 Å². The molecule has 3 rings (SSSR count). The molecule has 7 nitrogen and oxygen atoms in total. The minimum atomic E-state index is -0.772. The fraction of sp³-hybridized carbons (Fsp3) is 0.444. The number of piperidine rings is 1. The lowest BCUT2D eigenvalue weighted by atomic mass is 9.87. The Morgan fingerprint density at radius 3 is 2.72 bits per heavy atom. The van der Waals surface area contributed by atoms with Gasteiger partial charge in [0.1, 0.15) is 11.3 Å². The molecular formula is C18H24N4O3. The van der Waals surface area contributed by atoms with E-state index < -0.39 is 11.6 Å². The summed E-state index contributed by atoms with van der Waals surface area (Å²) in [5, 5.41) is 20.8. The maximum absolute atomic E-state index is 12.9. The van der Waals surface area contributed by atoms with Crippen LogP contribution in [0.5, 0.6) is 5.75 Å². The normalized spacial score (nSPS) is 17.7. The van der Waals surface area contributed by atoms with E-state index >= 15 is 0 Å². The van der Waals surface area contributed by atoms with Crippen LogP contribution in [0.25, 0.3) is 0 Å². The predicted molar refractivity (Wildman–Crippen MR) is 93.3 cm³/mol. The van der Waals surface area contributed by atoms with E-state index in [1.54, 1.807) is 42.3 Å². The molecule has 1 atom stereocenters. The first-order valence-electron chi connectivity index (χ1n) is 8.47. The molecule has 1 aromatic carbocycles. The average molecular weight is 344 g/mol. The molecule has 7 heteroatoms. The highest BCUT2D eigenvalue weighted by atomic mass is 16.5. The third-order valence-corrected chi connectivity index (χ3v) is 4.75. The van der Waals surface area contributed by atoms with E-state index in [2.05, 4.69) is 15.7 Å². The third-order valence-electron chi connectivity index (χ3n) is 4.75. The van der Waals surface area contributed by atoms with Gasteiger partial charge in [-0.3, -0.25) is 9.48 Å². The van der Waals surface area contributed by atoms with Crippen LogP contribution in [0.3, 0.4) is 0 Å². The zero-order chi connectivity index (χ0) is 17.7. The molecule has 2 aromatic rings. The maximum Gasteiger partial charge on any atom is 0.248 e. The van der Waals surface area contributed by atoms with Crippen molar-refractivity contribution in [2.24, 2.45) is 0 Å². The number of hydrogen-bond acceptors (Lipinski definition) is 5. The van der Waals surface area contributed by atoms with Crippen molar-refractivity contribution in [1.82, 2.24) is 20.4 Å². The van der Waals surface area contributed by atoms with Gasteiger partial charge in [0.15, 0.2) is 0 Å². The molecule has 134 valence electrons. The van der Waals surface area contributed by atoms with E-state index in [0.29, 0.717) is 12.8 Å². The highest BCUT2D eigenvalue weighted by Gasteiger charge is 2.41. The Kier molecular flexibility index (Phi) is 5.35. The molecule has 0 saturated carbocycles. The SMILES string of the molecule is COc1ccc(C(O)CNC(=O)C2(n3cccn3)CCNCC2)cc1. The van der Waals surface area contributed by atoms with E-state index in [1.807, 2.05) is 12.3 Å². The van der Waals surface area contributed by atoms with Gasteiger partial charge in [0.2, 0.25) is 5.91 Å². The second-order valence-corrected chi connectivity index (χ2v) is 6.23. The van der Waals surface area contributed by atoms with Gasteiger partial charge in [-0.1, -0.05) is 12.1 Å². The summed E-state index contributed by atoms with van der Waals surface area (Å²) < 4.78 is 6.85. The largest absolute Gasteiger partial charge is 0.497 e. The number of aliphatic hydroxyl groups excluding tert-OH is 1. The summed E-state index contributed by atoms with van der Waals surface area (Å²) in [4.78, 5) is 12.9. The number of aromatic nitrogens is 2. The van der Waals surface area contributed by atoms with Crippen LogP contribution in [0, 0.1) is 0 Å². The number of nitrogens with one attached hydrogen (secondary N) is 2. The van der Waals surface area contributed by atoms with Gasteiger partial charge in [-0.25, -0.2) is 0 Å². The van der Waals surface area contributed by atoms with Crippen LogP contribution in [0.15, 0.2) is 42.7 Å². The van der Waals surface area contributed by atoms with Crippen LogP contribution in [-0.4, -0.2) is 47.5 Å². The van der Waals surface area contributed by atoms with E-state index in [9.17, 15) is 9.90 Å². The fourth-order valence-electron chi connectivity index (χ4n) is 3.22. The lowest BCUT2D eigenvalue weighted by molar-refractivity contribution is -0.132. The number of rotatable bonds is 6.